The van der Waals surface area contributed by atoms with Crippen LogP contribution >= 0.6 is 23.1 Å². The molecule has 0 saturated carbocycles. The summed E-state index contributed by atoms with van der Waals surface area (Å²) in [5, 5.41) is 9.89. The van der Waals surface area contributed by atoms with Gasteiger partial charge in [0, 0.05) is 16.4 Å². The van der Waals surface area contributed by atoms with Gasteiger partial charge < -0.3 is 19.6 Å². The average molecular weight is 381 g/mol. The molecule has 0 amide bonds. The molecule has 9 heteroatoms. The Bertz CT molecular complexity index is 874. The van der Waals surface area contributed by atoms with Gasteiger partial charge in [-0.25, -0.2) is 0 Å². The minimum Gasteiger partial charge on any atom is -0.508 e. The van der Waals surface area contributed by atoms with Gasteiger partial charge in [-0.1, -0.05) is 41.3 Å². The summed E-state index contributed by atoms with van der Waals surface area (Å²) in [4.78, 5) is 39.6. The average Bonchev–Trinajstić information content (AvgIpc) is 2.99. The number of nitrogens with one attached hydrogen (secondary N) is 1. The van der Waals surface area contributed by atoms with Crippen molar-refractivity contribution in [2.45, 2.75) is 16.2 Å². The number of para-hydroxylation sites is 1. The number of H-pyrrole nitrogens is 1. The summed E-state index contributed by atoms with van der Waals surface area (Å²) in [5.41, 5.74) is 0.448. The molecule has 3 rings (SSSR count). The van der Waals surface area contributed by atoms with Crippen molar-refractivity contribution < 1.29 is 24.2 Å². The fraction of sp³-hybridized carbons (Fsp3) is 0.312. The number of fused-ring (bicyclic) bond motifs is 1. The Hall–Kier alpha value is -2.26. The molecule has 0 radical (unpaired) electrons. The largest absolute Gasteiger partial charge is 0.508 e. The normalized spacial score (nSPS) is 22.1. The van der Waals surface area contributed by atoms with Crippen LogP contribution in [-0.2, 0) is 19.1 Å². The van der Waals surface area contributed by atoms with Crippen molar-refractivity contribution in [3.05, 3.63) is 44.4 Å². The molecule has 0 aliphatic carbocycles. The SMILES string of the molecule is COC(=O)[C@@H]1[C@@H](c2ccccc2O)c2sc(=O)[nH]c2S[C@H]1C(=O)OC. The number of esters is 2. The van der Waals surface area contributed by atoms with E-state index in [0.717, 1.165) is 23.1 Å². The van der Waals surface area contributed by atoms with E-state index in [4.69, 9.17) is 9.47 Å². The van der Waals surface area contributed by atoms with E-state index in [-0.39, 0.29) is 10.6 Å². The quantitative estimate of drug-likeness (QED) is 0.780. The zero-order chi connectivity index (χ0) is 18.1. The number of aromatic hydroxyl groups is 1. The number of aromatic nitrogens is 1. The second-order valence-corrected chi connectivity index (χ2v) is 7.52. The zero-order valence-corrected chi connectivity index (χ0v) is 15.0. The Labute approximate surface area is 151 Å². The lowest BCUT2D eigenvalue weighted by Gasteiger charge is -2.34. The smallest absolute Gasteiger partial charge is 0.320 e. The number of phenolic OH excluding ortho intramolecular Hbond substituents is 1. The van der Waals surface area contributed by atoms with Crippen molar-refractivity contribution in [1.82, 2.24) is 4.98 Å². The number of phenols is 1. The summed E-state index contributed by atoms with van der Waals surface area (Å²) >= 11 is 2.02. The Morgan fingerprint density at radius 2 is 1.84 bits per heavy atom. The number of benzene rings is 1. The van der Waals surface area contributed by atoms with E-state index in [1.807, 2.05) is 0 Å². The van der Waals surface area contributed by atoms with E-state index in [2.05, 4.69) is 4.98 Å². The summed E-state index contributed by atoms with van der Waals surface area (Å²) < 4.78 is 9.73. The third kappa shape index (κ3) is 3.05. The van der Waals surface area contributed by atoms with Gasteiger partial charge >= 0.3 is 16.8 Å². The fourth-order valence-electron chi connectivity index (χ4n) is 2.95. The van der Waals surface area contributed by atoms with Crippen LogP contribution in [0.1, 0.15) is 16.4 Å². The molecule has 25 heavy (non-hydrogen) atoms. The maximum Gasteiger partial charge on any atom is 0.320 e. The maximum atomic E-state index is 12.5. The number of aromatic amines is 1. The maximum absolute atomic E-state index is 12.5. The Morgan fingerprint density at radius 3 is 2.48 bits per heavy atom. The Morgan fingerprint density at radius 1 is 1.16 bits per heavy atom. The van der Waals surface area contributed by atoms with Gasteiger partial charge in [0.15, 0.2) is 0 Å². The zero-order valence-electron chi connectivity index (χ0n) is 13.3. The number of rotatable bonds is 3. The molecule has 1 aromatic carbocycles. The van der Waals surface area contributed by atoms with Crippen LogP contribution in [0, 0.1) is 5.92 Å². The highest BCUT2D eigenvalue weighted by molar-refractivity contribution is 8.00. The number of carbonyl (C=O) groups is 2. The molecule has 0 spiro atoms. The van der Waals surface area contributed by atoms with Crippen molar-refractivity contribution >= 4 is 35.0 Å². The second-order valence-electron chi connectivity index (χ2n) is 5.35. The van der Waals surface area contributed by atoms with Crippen LogP contribution in [0.5, 0.6) is 5.75 Å². The molecular weight excluding hydrogens is 366 g/mol. The van der Waals surface area contributed by atoms with Crippen LogP contribution in [-0.4, -0.2) is 41.5 Å². The summed E-state index contributed by atoms with van der Waals surface area (Å²) in [6, 6.07) is 6.52. The number of hydrogen-bond acceptors (Lipinski definition) is 8. The first-order valence-corrected chi connectivity index (χ1v) is 9.00. The molecular formula is C16H15NO6S2. The van der Waals surface area contributed by atoms with E-state index in [9.17, 15) is 19.5 Å². The first-order chi connectivity index (χ1) is 12.0. The number of ether oxygens (including phenoxy) is 2. The predicted molar refractivity (Wildman–Crippen MR) is 92.1 cm³/mol. The number of methoxy groups -OCH3 is 2. The van der Waals surface area contributed by atoms with Gasteiger partial charge in [0.1, 0.15) is 11.0 Å². The van der Waals surface area contributed by atoms with Crippen LogP contribution in [0.2, 0.25) is 0 Å². The summed E-state index contributed by atoms with van der Waals surface area (Å²) in [7, 11) is 2.47. The molecule has 7 nitrogen and oxygen atoms in total. The van der Waals surface area contributed by atoms with Gasteiger partial charge in [-0.2, -0.15) is 0 Å². The molecule has 1 aromatic heterocycles. The molecule has 0 saturated heterocycles. The van der Waals surface area contributed by atoms with Crippen molar-refractivity contribution in [2.75, 3.05) is 14.2 Å². The van der Waals surface area contributed by atoms with E-state index in [1.54, 1.807) is 18.2 Å². The number of thiazole rings is 1. The third-order valence-corrected chi connectivity index (χ3v) is 6.43. The molecule has 2 N–H and O–H groups in total. The highest BCUT2D eigenvalue weighted by Crippen LogP contribution is 2.51. The van der Waals surface area contributed by atoms with Crippen molar-refractivity contribution in [3.63, 3.8) is 0 Å². The molecule has 0 fully saturated rings. The van der Waals surface area contributed by atoms with Crippen molar-refractivity contribution in [1.29, 1.82) is 0 Å². The van der Waals surface area contributed by atoms with E-state index in [1.165, 1.54) is 20.3 Å². The number of thioether (sulfide) groups is 1. The van der Waals surface area contributed by atoms with Crippen LogP contribution in [0.3, 0.4) is 0 Å². The van der Waals surface area contributed by atoms with Gasteiger partial charge in [0.25, 0.3) is 0 Å². The highest BCUT2D eigenvalue weighted by atomic mass is 32.2. The number of carbonyl (C=O) groups excluding carboxylic acids is 2. The topological polar surface area (TPSA) is 106 Å². The lowest BCUT2D eigenvalue weighted by atomic mass is 9.81. The fourth-order valence-corrected chi connectivity index (χ4v) is 5.44. The van der Waals surface area contributed by atoms with Gasteiger partial charge in [0.2, 0.25) is 0 Å². The molecule has 1 aliphatic rings. The van der Waals surface area contributed by atoms with Crippen molar-refractivity contribution in [2.24, 2.45) is 5.92 Å². The lowest BCUT2D eigenvalue weighted by molar-refractivity contribution is -0.151. The lowest BCUT2D eigenvalue weighted by Crippen LogP contribution is -2.40. The van der Waals surface area contributed by atoms with Gasteiger partial charge in [-0.15, -0.1) is 0 Å². The van der Waals surface area contributed by atoms with Gasteiger partial charge in [0.05, 0.1) is 25.2 Å². The molecule has 0 bridgehead atoms. The van der Waals surface area contributed by atoms with Crippen LogP contribution in [0.15, 0.2) is 34.1 Å². The monoisotopic (exact) mass is 381 g/mol. The first-order valence-electron chi connectivity index (χ1n) is 7.31. The summed E-state index contributed by atoms with van der Waals surface area (Å²) in [6.07, 6.45) is 0. The Kier molecular flexibility index (Phi) is 4.87. The van der Waals surface area contributed by atoms with E-state index < -0.39 is 29.0 Å². The predicted octanol–water partition coefficient (Wildman–Crippen LogP) is 1.71. The number of hydrogen-bond donors (Lipinski definition) is 2. The molecule has 2 aromatic rings. The van der Waals surface area contributed by atoms with E-state index in [0.29, 0.717) is 15.5 Å². The van der Waals surface area contributed by atoms with Gasteiger partial charge in [-0.05, 0) is 6.07 Å². The molecule has 2 heterocycles. The highest BCUT2D eigenvalue weighted by Gasteiger charge is 2.49. The standard InChI is InChI=1S/C16H15NO6S2/c1-22-14(19)10-9(7-5-3-4-6-8(7)18)11-13(17-16(21)25-11)24-12(10)15(20)23-2/h3-6,9-10,12,18H,1-2H3,(H,17,21)/t9-,10-,12-/m1/s1. The third-order valence-electron chi connectivity index (χ3n) is 4.03. The van der Waals surface area contributed by atoms with Crippen LogP contribution < -0.4 is 4.87 Å². The van der Waals surface area contributed by atoms with Crippen LogP contribution in [0.25, 0.3) is 0 Å². The first kappa shape index (κ1) is 17.6. The van der Waals surface area contributed by atoms with E-state index >= 15 is 0 Å². The second kappa shape index (κ2) is 6.93. The minimum absolute atomic E-state index is 0.0243. The Balaban J connectivity index is 2.24. The van der Waals surface area contributed by atoms with Gasteiger partial charge in [-0.3, -0.25) is 14.4 Å². The van der Waals surface area contributed by atoms with Crippen molar-refractivity contribution in [3.8, 4) is 5.75 Å². The molecule has 1 aliphatic heterocycles. The minimum atomic E-state index is -0.935. The summed E-state index contributed by atoms with van der Waals surface area (Å²) in [6.45, 7) is 0. The molecule has 3 atom stereocenters. The summed E-state index contributed by atoms with van der Waals surface area (Å²) in [5.74, 6) is -2.86. The molecule has 132 valence electrons. The van der Waals surface area contributed by atoms with Crippen LogP contribution in [0.4, 0.5) is 0 Å². The molecule has 0 unspecified atom stereocenters.